The van der Waals surface area contributed by atoms with E-state index >= 15 is 0 Å². The van der Waals surface area contributed by atoms with Gasteiger partial charge in [-0.15, -0.1) is 0 Å². The van der Waals surface area contributed by atoms with Crippen LogP contribution in [0.3, 0.4) is 0 Å². The fraction of sp³-hybridized carbons (Fsp3) is 0.333. The number of aliphatic hydroxyl groups excluding tert-OH is 5. The van der Waals surface area contributed by atoms with Gasteiger partial charge in [0.15, 0.2) is 0 Å². The maximum atomic E-state index is 13.4. The number of ether oxygens (including phenoxy) is 1. The van der Waals surface area contributed by atoms with Crippen LogP contribution in [0, 0.1) is 5.82 Å². The van der Waals surface area contributed by atoms with Crippen molar-refractivity contribution in [3.63, 3.8) is 0 Å². The van der Waals surface area contributed by atoms with E-state index in [-0.39, 0.29) is 22.9 Å². The lowest BCUT2D eigenvalue weighted by Crippen LogP contribution is -2.55. The van der Waals surface area contributed by atoms with Crippen molar-refractivity contribution in [1.82, 2.24) is 0 Å². The molecule has 6 N–H and O–H groups in total. The predicted octanol–water partition coefficient (Wildman–Crippen LogP) is 5.50. The van der Waals surface area contributed by atoms with Gasteiger partial charge in [-0.1, -0.05) is 88.3 Å². The third kappa shape index (κ3) is 7.33. The van der Waals surface area contributed by atoms with Gasteiger partial charge in [0.25, 0.3) is 0 Å². The Morgan fingerprint density at radius 3 is 2.23 bits per heavy atom. The van der Waals surface area contributed by atoms with Crippen LogP contribution >= 0.6 is 21.6 Å². The summed E-state index contributed by atoms with van der Waals surface area (Å²) in [5, 5.41) is 62.9. The Kier molecular flexibility index (Phi) is 10.7. The quantitative estimate of drug-likeness (QED) is 0.126. The van der Waals surface area contributed by atoms with Crippen LogP contribution < -0.4 is 4.90 Å². The summed E-state index contributed by atoms with van der Waals surface area (Å²) in [6.45, 7) is -0.499. The molecule has 8 nitrogen and oxygen atoms in total. The smallest absolute Gasteiger partial charge is 0.123 e. The number of hydrogen-bond donors (Lipinski definition) is 6. The van der Waals surface area contributed by atoms with E-state index in [0.717, 1.165) is 22.4 Å². The molecule has 0 bridgehead atoms. The van der Waals surface area contributed by atoms with Crippen LogP contribution in [0.4, 0.5) is 10.1 Å². The lowest BCUT2D eigenvalue weighted by atomic mass is 9.90. The third-order valence-electron chi connectivity index (χ3n) is 8.95. The van der Waals surface area contributed by atoms with E-state index in [4.69, 9.17) is 4.74 Å². The topological polar surface area (TPSA) is 134 Å². The Hall–Kier alpha value is -3.13. The zero-order valence-electron chi connectivity index (χ0n) is 25.4. The minimum absolute atomic E-state index is 0.0265. The Morgan fingerprint density at radius 1 is 0.851 bits per heavy atom. The highest BCUT2D eigenvalue weighted by atomic mass is 33.1. The molecular formula is C36H38FNO7S2. The largest absolute Gasteiger partial charge is 0.508 e. The number of benzene rings is 4. The normalized spacial score (nSPS) is 27.0. The number of para-hydroxylation sites is 1. The first-order chi connectivity index (χ1) is 22.7. The minimum Gasteiger partial charge on any atom is -0.508 e. The summed E-state index contributed by atoms with van der Waals surface area (Å²) < 4.78 is 19.1. The number of phenolic OH excluding ortho intramolecular Hbond substituents is 1. The summed E-state index contributed by atoms with van der Waals surface area (Å²) in [7, 11) is 3.47. The molecule has 0 radical (unpaired) electrons. The molecule has 0 unspecified atom stereocenters. The molecule has 0 saturated carbocycles. The first kappa shape index (κ1) is 33.8. The van der Waals surface area contributed by atoms with Crippen molar-refractivity contribution in [2.45, 2.75) is 60.8 Å². The molecule has 0 amide bonds. The molecule has 2 saturated heterocycles. The Morgan fingerprint density at radius 2 is 1.55 bits per heavy atom. The number of phenols is 1. The van der Waals surface area contributed by atoms with Crippen molar-refractivity contribution >= 4 is 27.3 Å². The van der Waals surface area contributed by atoms with Crippen molar-refractivity contribution in [3.8, 4) is 16.9 Å². The molecule has 0 spiro atoms. The Bertz CT molecular complexity index is 1610. The van der Waals surface area contributed by atoms with Gasteiger partial charge in [0, 0.05) is 16.5 Å². The number of halogens is 1. The van der Waals surface area contributed by atoms with E-state index in [0.29, 0.717) is 29.8 Å². The van der Waals surface area contributed by atoms with E-state index in [9.17, 15) is 35.0 Å². The second kappa shape index (κ2) is 15.0. The van der Waals surface area contributed by atoms with Crippen molar-refractivity contribution in [2.24, 2.45) is 0 Å². The number of nitrogens with zero attached hydrogens (tertiary/aromatic N) is 1. The molecular weight excluding hydrogens is 642 g/mol. The van der Waals surface area contributed by atoms with Crippen LogP contribution in [0.5, 0.6) is 5.75 Å². The summed E-state index contributed by atoms with van der Waals surface area (Å²) in [5.41, 5.74) is 4.63. The van der Waals surface area contributed by atoms with Gasteiger partial charge in [-0.2, -0.15) is 0 Å². The molecule has 11 heteroatoms. The average molecular weight is 680 g/mol. The monoisotopic (exact) mass is 679 g/mol. The molecule has 47 heavy (non-hydrogen) atoms. The van der Waals surface area contributed by atoms with Gasteiger partial charge in [-0.3, -0.25) is 0 Å². The van der Waals surface area contributed by atoms with Gasteiger partial charge < -0.3 is 40.3 Å². The molecule has 6 rings (SSSR count). The number of hydrogen-bond acceptors (Lipinski definition) is 10. The van der Waals surface area contributed by atoms with E-state index in [1.54, 1.807) is 51.9 Å². The van der Waals surface area contributed by atoms with Crippen LogP contribution in [0.1, 0.15) is 47.8 Å². The number of anilines is 1. The number of aliphatic hydroxyl groups is 5. The summed E-state index contributed by atoms with van der Waals surface area (Å²) >= 11 is 0. The Labute approximate surface area is 280 Å². The van der Waals surface area contributed by atoms with Gasteiger partial charge in [-0.25, -0.2) is 4.39 Å². The summed E-state index contributed by atoms with van der Waals surface area (Å²) in [5.74, 6) is 0.502. The van der Waals surface area contributed by atoms with Crippen LogP contribution in [-0.4, -0.2) is 72.8 Å². The summed E-state index contributed by atoms with van der Waals surface area (Å²) in [6, 6.07) is 28.6. The zero-order valence-corrected chi connectivity index (χ0v) is 27.1. The van der Waals surface area contributed by atoms with Crippen LogP contribution in [0.15, 0.2) is 97.1 Å². The minimum atomic E-state index is -1.46. The van der Waals surface area contributed by atoms with E-state index in [2.05, 4.69) is 17.0 Å². The lowest BCUT2D eigenvalue weighted by molar-refractivity contribution is -0.231. The second-order valence-corrected chi connectivity index (χ2v) is 14.5. The molecule has 4 aromatic rings. The number of aromatic hydroxyl groups is 1. The third-order valence-corrected chi connectivity index (χ3v) is 11.7. The van der Waals surface area contributed by atoms with E-state index in [1.807, 2.05) is 42.5 Å². The SMILES string of the molecule is OC[C@H]1O[C@@H](c2ccc(-c3ccc([C@@H]4[C@H](CC[C@H](O)c5ccc(F)cc5)SSCN4c4ccccc4)c(O)c3)cc2)[C@H](O)[C@@H](O)[C@@H]1O. The Balaban J connectivity index is 1.25. The van der Waals surface area contributed by atoms with Crippen LogP contribution in [0.2, 0.25) is 0 Å². The maximum absolute atomic E-state index is 13.4. The van der Waals surface area contributed by atoms with Gasteiger partial charge in [0.1, 0.15) is 42.1 Å². The first-order valence-electron chi connectivity index (χ1n) is 15.5. The molecule has 2 aliphatic rings. The summed E-state index contributed by atoms with van der Waals surface area (Å²) in [4.78, 5) is 2.28. The highest BCUT2D eigenvalue weighted by Crippen LogP contribution is 2.50. The van der Waals surface area contributed by atoms with Gasteiger partial charge in [0.05, 0.1) is 24.6 Å². The standard InChI is InChI=1S/C36H38FNO7S2/c37-25-13-10-22(11-14-25)28(40)16-17-31-32(38(20-46-47-31)26-4-2-1-3-5-26)27-15-12-24(18-29(27)41)21-6-8-23(9-7-21)36-35(44)34(43)33(42)30(19-39)45-36/h1-15,18,28,30-36,39-44H,16-17,19-20H2/t28-,30+,31-,32+,33+,34-,35+,36-/m0/s1. The highest BCUT2D eigenvalue weighted by Gasteiger charge is 2.44. The second-order valence-electron chi connectivity index (χ2n) is 11.9. The fourth-order valence-corrected chi connectivity index (χ4v) is 9.27. The predicted molar refractivity (Wildman–Crippen MR) is 182 cm³/mol. The van der Waals surface area contributed by atoms with Crippen molar-refractivity contribution < 1.29 is 39.8 Å². The molecule has 8 atom stereocenters. The molecule has 4 aromatic carbocycles. The van der Waals surface area contributed by atoms with Crippen LogP contribution in [-0.2, 0) is 4.74 Å². The van der Waals surface area contributed by atoms with Crippen molar-refractivity contribution in [3.05, 3.63) is 120 Å². The fourth-order valence-electron chi connectivity index (χ4n) is 6.33. The summed E-state index contributed by atoms with van der Waals surface area (Å²) in [6.07, 6.45) is -5.79. The van der Waals surface area contributed by atoms with E-state index in [1.165, 1.54) is 12.1 Å². The average Bonchev–Trinajstić information content (AvgIpc) is 3.10. The van der Waals surface area contributed by atoms with Crippen LogP contribution in [0.25, 0.3) is 11.1 Å². The highest BCUT2D eigenvalue weighted by molar-refractivity contribution is 8.77. The first-order valence-corrected chi connectivity index (χ1v) is 17.9. The van der Waals surface area contributed by atoms with E-state index < -0.39 is 43.2 Å². The van der Waals surface area contributed by atoms with Gasteiger partial charge >= 0.3 is 0 Å². The molecule has 2 heterocycles. The molecule has 248 valence electrons. The molecule has 0 aliphatic carbocycles. The maximum Gasteiger partial charge on any atom is 0.123 e. The van der Waals surface area contributed by atoms with Crippen molar-refractivity contribution in [2.75, 3.05) is 17.4 Å². The number of rotatable bonds is 9. The lowest BCUT2D eigenvalue weighted by Gasteiger charge is -2.42. The van der Waals surface area contributed by atoms with Gasteiger partial charge in [0.2, 0.25) is 0 Å². The van der Waals surface area contributed by atoms with Crippen molar-refractivity contribution in [1.29, 1.82) is 0 Å². The van der Waals surface area contributed by atoms with Gasteiger partial charge in [-0.05, 0) is 65.4 Å². The molecule has 2 aliphatic heterocycles. The molecule has 0 aromatic heterocycles. The molecule has 2 fully saturated rings. The zero-order chi connectivity index (χ0) is 33.1.